The second kappa shape index (κ2) is 17.0. The molecule has 0 spiro atoms. The van der Waals surface area contributed by atoms with Crippen molar-refractivity contribution in [3.05, 3.63) is 64.1 Å². The number of fused-ring (bicyclic) bond motifs is 1. The minimum atomic E-state index is -3.75. The average Bonchev–Trinajstić information content (AvgIpc) is 3.64. The van der Waals surface area contributed by atoms with Crippen LogP contribution in [0.1, 0.15) is 70.2 Å². The number of carboxylic acid groups (broad SMARTS) is 1. The number of hydrogen-bond acceptors (Lipinski definition) is 10. The SMILES string of the molecule is CC(C)=C1OC(=O)N(c2cc(OC3CCCC3)c(Cl)cc2F)C1=O.CC(C)N1C(=O)c2ccccc2NS1(=O)=O.CP(=O)(O)CCC(N)C(=O)O. The fourth-order valence-corrected chi connectivity index (χ4v) is 7.42. The summed E-state index contributed by atoms with van der Waals surface area (Å²) in [6.07, 6.45) is 3.00. The fraction of sp³-hybridized carbons (Fsp3) is 0.438. The van der Waals surface area contributed by atoms with Crippen molar-refractivity contribution in [2.75, 3.05) is 22.4 Å². The van der Waals surface area contributed by atoms with Crippen LogP contribution in [0.4, 0.5) is 20.6 Å². The highest BCUT2D eigenvalue weighted by Gasteiger charge is 2.40. The number of ether oxygens (including phenoxy) is 2. The van der Waals surface area contributed by atoms with E-state index in [0.29, 0.717) is 21.7 Å². The summed E-state index contributed by atoms with van der Waals surface area (Å²) in [7, 11) is -6.85. The summed E-state index contributed by atoms with van der Waals surface area (Å²) in [4.78, 5) is 55.9. The number of aliphatic carboxylic acids is 1. The predicted molar refractivity (Wildman–Crippen MR) is 188 cm³/mol. The van der Waals surface area contributed by atoms with Crippen LogP contribution in [0.3, 0.4) is 0 Å². The molecular weight excluding hydrogens is 734 g/mol. The third-order valence-corrected chi connectivity index (χ3v) is 10.5. The van der Waals surface area contributed by atoms with Crippen LogP contribution in [-0.2, 0) is 29.1 Å². The van der Waals surface area contributed by atoms with E-state index in [4.69, 9.17) is 36.8 Å². The molecule has 5 N–H and O–H groups in total. The summed E-state index contributed by atoms with van der Waals surface area (Å²) < 4.78 is 62.5. The van der Waals surface area contributed by atoms with Crippen LogP contribution in [0.5, 0.6) is 5.75 Å². The molecule has 3 aliphatic rings. The summed E-state index contributed by atoms with van der Waals surface area (Å²) in [6, 6.07) is 7.45. The number of benzene rings is 2. The van der Waals surface area contributed by atoms with E-state index in [1.807, 2.05) is 0 Å². The third-order valence-electron chi connectivity index (χ3n) is 7.56. The van der Waals surface area contributed by atoms with Gasteiger partial charge in [0, 0.05) is 24.9 Å². The van der Waals surface area contributed by atoms with Crippen molar-refractivity contribution in [2.24, 2.45) is 5.73 Å². The van der Waals surface area contributed by atoms with Gasteiger partial charge >= 0.3 is 28.2 Å². The van der Waals surface area contributed by atoms with E-state index in [0.717, 1.165) is 36.1 Å². The maximum Gasteiger partial charge on any atom is 0.427 e. The first-order valence-electron chi connectivity index (χ1n) is 15.8. The quantitative estimate of drug-likeness (QED) is 0.194. The first kappa shape index (κ1) is 41.4. The first-order chi connectivity index (χ1) is 23.6. The zero-order chi connectivity index (χ0) is 38.4. The molecule has 1 aliphatic carbocycles. The number of allylic oxidation sites excluding steroid dienone is 1. The summed E-state index contributed by atoms with van der Waals surface area (Å²) in [6.45, 7) is 7.77. The van der Waals surface area contributed by atoms with Crippen LogP contribution in [-0.4, -0.2) is 77.6 Å². The van der Waals surface area contributed by atoms with Crippen LogP contribution < -0.4 is 20.1 Å². The minimum Gasteiger partial charge on any atom is -0.489 e. The van der Waals surface area contributed by atoms with E-state index in [1.165, 1.54) is 12.7 Å². The molecule has 19 heteroatoms. The molecule has 2 aromatic carbocycles. The molecule has 2 unspecified atom stereocenters. The van der Waals surface area contributed by atoms with Gasteiger partial charge in [0.05, 0.1) is 28.1 Å². The molecule has 0 radical (unpaired) electrons. The molecule has 0 aromatic heterocycles. The Labute approximate surface area is 300 Å². The maximum absolute atomic E-state index is 14.3. The Morgan fingerprint density at radius 2 is 1.76 bits per heavy atom. The number of amides is 3. The van der Waals surface area contributed by atoms with Crippen LogP contribution in [0.2, 0.25) is 5.02 Å². The zero-order valence-electron chi connectivity index (χ0n) is 28.6. The topological polar surface area (TPSA) is 223 Å². The average molecular weight is 775 g/mol. The van der Waals surface area contributed by atoms with Crippen molar-refractivity contribution in [1.82, 2.24) is 4.31 Å². The maximum atomic E-state index is 14.3. The highest BCUT2D eigenvalue weighted by Crippen LogP contribution is 2.38. The number of nitrogens with one attached hydrogen (secondary N) is 1. The number of hydrogen-bond donors (Lipinski definition) is 4. The number of nitrogens with zero attached hydrogens (tertiary/aromatic N) is 2. The second-order valence-electron chi connectivity index (χ2n) is 12.5. The molecule has 2 aliphatic heterocycles. The van der Waals surface area contributed by atoms with Crippen molar-refractivity contribution in [2.45, 2.75) is 78.0 Å². The second-order valence-corrected chi connectivity index (χ2v) is 17.0. The summed E-state index contributed by atoms with van der Waals surface area (Å²) in [5, 5.41) is 8.38. The van der Waals surface area contributed by atoms with E-state index >= 15 is 0 Å². The number of carbonyl (C=O) groups excluding carboxylic acids is 3. The van der Waals surface area contributed by atoms with Crippen molar-refractivity contribution >= 4 is 64.4 Å². The molecule has 2 aromatic rings. The van der Waals surface area contributed by atoms with Gasteiger partial charge in [-0.25, -0.2) is 18.4 Å². The lowest BCUT2D eigenvalue weighted by Crippen LogP contribution is -2.48. The van der Waals surface area contributed by atoms with Crippen LogP contribution in [0.15, 0.2) is 47.7 Å². The van der Waals surface area contributed by atoms with E-state index in [-0.39, 0.29) is 40.9 Å². The van der Waals surface area contributed by atoms with E-state index in [2.05, 4.69) is 4.72 Å². The normalized spacial score (nSPS) is 18.4. The smallest absolute Gasteiger partial charge is 0.427 e. The lowest BCUT2D eigenvalue weighted by Gasteiger charge is -2.31. The molecule has 1 saturated heterocycles. The van der Waals surface area contributed by atoms with Crippen molar-refractivity contribution in [1.29, 1.82) is 0 Å². The number of rotatable bonds is 8. The van der Waals surface area contributed by atoms with Gasteiger partial charge in [-0.05, 0) is 83.6 Å². The molecule has 3 amide bonds. The number of nitrogens with two attached hydrogens (primary N) is 1. The van der Waals surface area contributed by atoms with Gasteiger partial charge in [0.25, 0.3) is 5.91 Å². The monoisotopic (exact) mass is 774 g/mol. The molecule has 0 bridgehead atoms. The minimum absolute atomic E-state index is 0.00962. The van der Waals surface area contributed by atoms with Crippen LogP contribution in [0, 0.1) is 5.82 Å². The number of anilines is 2. The molecule has 51 heavy (non-hydrogen) atoms. The molecule has 5 rings (SSSR count). The molecule has 2 fully saturated rings. The third kappa shape index (κ3) is 10.7. The van der Waals surface area contributed by atoms with Gasteiger partial charge in [-0.3, -0.25) is 23.7 Å². The van der Waals surface area contributed by atoms with Gasteiger partial charge in [0.2, 0.25) is 0 Å². The van der Waals surface area contributed by atoms with Gasteiger partial charge in [-0.2, -0.15) is 8.42 Å². The first-order valence-corrected chi connectivity index (χ1v) is 19.9. The summed E-state index contributed by atoms with van der Waals surface area (Å²) in [5.41, 5.74) is 6.12. The van der Waals surface area contributed by atoms with E-state index in [1.54, 1.807) is 52.0 Å². The molecule has 15 nitrogen and oxygen atoms in total. The Kier molecular flexibility index (Phi) is 13.8. The number of cyclic esters (lactones) is 1. The summed E-state index contributed by atoms with van der Waals surface area (Å²) >= 11 is 6.04. The van der Waals surface area contributed by atoms with Crippen LogP contribution in [0.25, 0.3) is 0 Å². The molecular formula is C32H41ClFN4O11PS. The highest BCUT2D eigenvalue weighted by molar-refractivity contribution is 7.91. The van der Waals surface area contributed by atoms with Gasteiger partial charge in [0.15, 0.2) is 13.1 Å². The number of carbonyl (C=O) groups is 4. The Bertz CT molecular complexity index is 1860. The highest BCUT2D eigenvalue weighted by atomic mass is 35.5. The largest absolute Gasteiger partial charge is 0.489 e. The molecule has 1 saturated carbocycles. The van der Waals surface area contributed by atoms with Crippen molar-refractivity contribution < 1.29 is 56.0 Å². The number of para-hydroxylation sites is 1. The number of halogens is 2. The molecule has 280 valence electrons. The Morgan fingerprint density at radius 3 is 2.29 bits per heavy atom. The Morgan fingerprint density at radius 1 is 1.16 bits per heavy atom. The van der Waals surface area contributed by atoms with Crippen LogP contribution >= 0.6 is 19.0 Å². The summed E-state index contributed by atoms with van der Waals surface area (Å²) in [5.74, 6) is -2.95. The van der Waals surface area contributed by atoms with E-state index in [9.17, 15) is 36.6 Å². The van der Waals surface area contributed by atoms with Gasteiger partial charge in [-0.1, -0.05) is 23.7 Å². The Balaban J connectivity index is 0.000000225. The lowest BCUT2D eigenvalue weighted by molar-refractivity contribution is -0.138. The predicted octanol–water partition coefficient (Wildman–Crippen LogP) is 5.47. The van der Waals surface area contributed by atoms with Crippen molar-refractivity contribution in [3.8, 4) is 5.75 Å². The fourth-order valence-electron chi connectivity index (χ4n) is 5.04. The molecule has 2 heterocycles. The standard InChI is InChI=1S/C17H17ClFNO4.C10H12N2O3S.C5H12NO4P/c1-9(2)15-16(21)20(17(22)24-15)13-8-14(11(18)7-12(13)19)23-10-5-3-4-6-10;1-7(2)12-10(13)8-5-3-4-6-9(8)11-16(12,14)15;1-11(9,10)3-2-4(6)5(7)8/h7-8,10H,3-6H2,1-2H3;3-7,11H,1-2H3;4H,2-3,6H2,1H3,(H,7,8)(H,9,10). The molecule has 2 atom stereocenters. The number of imide groups is 1. The van der Waals surface area contributed by atoms with Gasteiger partial charge in [-0.15, -0.1) is 0 Å². The Hall–Kier alpha value is -4.02. The van der Waals surface area contributed by atoms with Gasteiger partial charge in [0.1, 0.15) is 17.6 Å². The lowest BCUT2D eigenvalue weighted by atomic mass is 10.1. The van der Waals surface area contributed by atoms with Crippen molar-refractivity contribution in [3.63, 3.8) is 0 Å². The van der Waals surface area contributed by atoms with Gasteiger partial charge < -0.3 is 25.2 Å². The van der Waals surface area contributed by atoms with E-state index < -0.39 is 59.4 Å². The number of carboxylic acids is 1. The zero-order valence-corrected chi connectivity index (χ0v) is 31.1.